The molecule has 2 amide bonds. The van der Waals surface area contributed by atoms with Crippen LogP contribution in [0.15, 0.2) is 30.3 Å². The van der Waals surface area contributed by atoms with E-state index in [9.17, 15) is 14.7 Å². The van der Waals surface area contributed by atoms with E-state index in [1.165, 1.54) is 0 Å². The van der Waals surface area contributed by atoms with Gasteiger partial charge in [-0.15, -0.1) is 0 Å². The minimum atomic E-state index is -0.857. The highest BCUT2D eigenvalue weighted by molar-refractivity contribution is 5.79. The Hall–Kier alpha value is -2.08. The molecule has 23 heavy (non-hydrogen) atoms. The van der Waals surface area contributed by atoms with Crippen molar-refractivity contribution in [3.8, 4) is 0 Å². The topological polar surface area (TPSA) is 78.9 Å². The summed E-state index contributed by atoms with van der Waals surface area (Å²) in [5.74, 6) is -0.857. The van der Waals surface area contributed by atoms with Crippen LogP contribution < -0.4 is 5.32 Å². The maximum atomic E-state index is 12.3. The van der Waals surface area contributed by atoms with Crippen LogP contribution >= 0.6 is 0 Å². The van der Waals surface area contributed by atoms with Gasteiger partial charge in [0.2, 0.25) is 0 Å². The first-order chi connectivity index (χ1) is 11.0. The Balaban J connectivity index is 1.91. The second-order valence-corrected chi connectivity index (χ2v) is 6.08. The largest absolute Gasteiger partial charge is 0.481 e. The Morgan fingerprint density at radius 1 is 1.39 bits per heavy atom. The van der Waals surface area contributed by atoms with Crippen molar-refractivity contribution in [2.75, 3.05) is 26.2 Å². The van der Waals surface area contributed by atoms with Gasteiger partial charge >= 0.3 is 12.0 Å². The van der Waals surface area contributed by atoms with Gasteiger partial charge in [-0.1, -0.05) is 30.3 Å². The lowest BCUT2D eigenvalue weighted by atomic mass is 9.90. The summed E-state index contributed by atoms with van der Waals surface area (Å²) in [6.45, 7) is 5.19. The molecule has 0 saturated carbocycles. The molecule has 0 radical (unpaired) electrons. The van der Waals surface area contributed by atoms with Gasteiger partial charge in [0.25, 0.3) is 0 Å². The number of hydrogen-bond donors (Lipinski definition) is 2. The Kier molecular flexibility index (Phi) is 5.60. The van der Waals surface area contributed by atoms with Crippen LogP contribution in [0.5, 0.6) is 0 Å². The molecule has 1 aliphatic heterocycles. The Bertz CT molecular complexity index is 549. The number of aliphatic carboxylic acids is 1. The van der Waals surface area contributed by atoms with E-state index in [0.29, 0.717) is 26.1 Å². The third kappa shape index (κ3) is 4.22. The van der Waals surface area contributed by atoms with Gasteiger partial charge in [-0.25, -0.2) is 4.79 Å². The predicted molar refractivity (Wildman–Crippen MR) is 86.1 cm³/mol. The number of carbonyl (C=O) groups excluding carboxylic acids is 1. The average molecular weight is 320 g/mol. The van der Waals surface area contributed by atoms with Crippen LogP contribution in [0.4, 0.5) is 4.79 Å². The number of nitrogens with one attached hydrogen (secondary N) is 1. The van der Waals surface area contributed by atoms with E-state index in [0.717, 1.165) is 5.56 Å². The molecule has 1 heterocycles. The van der Waals surface area contributed by atoms with Gasteiger partial charge in [0, 0.05) is 26.2 Å². The van der Waals surface area contributed by atoms with E-state index in [1.54, 1.807) is 11.8 Å². The van der Waals surface area contributed by atoms with Gasteiger partial charge in [0.05, 0.1) is 11.5 Å². The number of carbonyl (C=O) groups is 2. The van der Waals surface area contributed by atoms with E-state index in [2.05, 4.69) is 5.32 Å². The third-order valence-corrected chi connectivity index (χ3v) is 4.25. The number of likely N-dealkylation sites (tertiary alicyclic amines) is 1. The summed E-state index contributed by atoms with van der Waals surface area (Å²) in [7, 11) is 0. The number of carboxylic acids is 1. The minimum absolute atomic E-state index is 0.210. The summed E-state index contributed by atoms with van der Waals surface area (Å²) >= 11 is 0. The van der Waals surface area contributed by atoms with Crippen LogP contribution in [0.2, 0.25) is 0 Å². The molecule has 1 aromatic carbocycles. The average Bonchev–Trinajstić information content (AvgIpc) is 2.96. The Morgan fingerprint density at radius 2 is 2.09 bits per heavy atom. The molecule has 1 fully saturated rings. The standard InChI is InChI=1S/C17H24N2O4/c1-3-23-14(13-7-5-4-6-8-13)11-18-16(22)19-10-9-17(2,12-19)15(20)21/h4-8,14H,3,9-12H2,1-2H3,(H,18,22)(H,20,21). The number of benzene rings is 1. The summed E-state index contributed by atoms with van der Waals surface area (Å²) in [6.07, 6.45) is 0.266. The Labute approximate surface area is 136 Å². The molecule has 126 valence electrons. The summed E-state index contributed by atoms with van der Waals surface area (Å²) in [5, 5.41) is 12.1. The first-order valence-corrected chi connectivity index (χ1v) is 7.89. The molecule has 0 bridgehead atoms. The second-order valence-electron chi connectivity index (χ2n) is 6.08. The maximum Gasteiger partial charge on any atom is 0.317 e. The lowest BCUT2D eigenvalue weighted by Gasteiger charge is -2.23. The van der Waals surface area contributed by atoms with Crippen molar-refractivity contribution >= 4 is 12.0 Å². The van der Waals surface area contributed by atoms with Crippen molar-refractivity contribution in [1.29, 1.82) is 0 Å². The quantitative estimate of drug-likeness (QED) is 0.843. The van der Waals surface area contributed by atoms with Crippen molar-refractivity contribution in [2.45, 2.75) is 26.4 Å². The van der Waals surface area contributed by atoms with Crippen LogP contribution in [0.1, 0.15) is 31.9 Å². The van der Waals surface area contributed by atoms with Gasteiger partial charge < -0.3 is 20.1 Å². The molecule has 1 aromatic rings. The van der Waals surface area contributed by atoms with Crippen molar-refractivity contribution in [3.63, 3.8) is 0 Å². The number of amides is 2. The lowest BCUT2D eigenvalue weighted by Crippen LogP contribution is -2.42. The smallest absolute Gasteiger partial charge is 0.317 e. The third-order valence-electron chi connectivity index (χ3n) is 4.25. The van der Waals surface area contributed by atoms with Crippen LogP contribution in [0.3, 0.4) is 0 Å². The van der Waals surface area contributed by atoms with Gasteiger partial charge in [0.15, 0.2) is 0 Å². The molecule has 0 spiro atoms. The summed E-state index contributed by atoms with van der Waals surface area (Å²) in [6, 6.07) is 9.48. The molecule has 6 nitrogen and oxygen atoms in total. The van der Waals surface area contributed by atoms with Crippen molar-refractivity contribution in [2.24, 2.45) is 5.41 Å². The number of nitrogens with zero attached hydrogens (tertiary/aromatic N) is 1. The van der Waals surface area contributed by atoms with Gasteiger partial charge in [-0.05, 0) is 25.8 Å². The van der Waals surface area contributed by atoms with Crippen LogP contribution in [-0.4, -0.2) is 48.2 Å². The van der Waals surface area contributed by atoms with Crippen LogP contribution in [0.25, 0.3) is 0 Å². The van der Waals surface area contributed by atoms with Gasteiger partial charge in [-0.2, -0.15) is 0 Å². The molecule has 0 aliphatic carbocycles. The van der Waals surface area contributed by atoms with Gasteiger partial charge in [0.1, 0.15) is 0 Å². The number of ether oxygens (including phenoxy) is 1. The molecule has 2 atom stereocenters. The molecular weight excluding hydrogens is 296 g/mol. The van der Waals surface area contributed by atoms with Crippen molar-refractivity contribution < 1.29 is 19.4 Å². The van der Waals surface area contributed by atoms with Crippen molar-refractivity contribution in [3.05, 3.63) is 35.9 Å². The fourth-order valence-corrected chi connectivity index (χ4v) is 2.74. The molecule has 1 aliphatic rings. The molecule has 1 saturated heterocycles. The number of carboxylic acid groups (broad SMARTS) is 1. The molecule has 2 N–H and O–H groups in total. The van der Waals surface area contributed by atoms with Crippen LogP contribution in [0, 0.1) is 5.41 Å². The number of urea groups is 1. The zero-order valence-corrected chi connectivity index (χ0v) is 13.6. The lowest BCUT2D eigenvalue weighted by molar-refractivity contribution is -0.147. The molecule has 6 heteroatoms. The SMILES string of the molecule is CCOC(CNC(=O)N1CCC(C)(C(=O)O)C1)c1ccccc1. The molecule has 0 aromatic heterocycles. The minimum Gasteiger partial charge on any atom is -0.481 e. The Morgan fingerprint density at radius 3 is 2.65 bits per heavy atom. The van der Waals surface area contributed by atoms with E-state index in [-0.39, 0.29) is 18.7 Å². The molecular formula is C17H24N2O4. The number of hydrogen-bond acceptors (Lipinski definition) is 3. The second kappa shape index (κ2) is 7.46. The molecule has 2 unspecified atom stereocenters. The first-order valence-electron chi connectivity index (χ1n) is 7.89. The van der Waals surface area contributed by atoms with E-state index in [4.69, 9.17) is 4.74 Å². The highest BCUT2D eigenvalue weighted by Gasteiger charge is 2.42. The fourth-order valence-electron chi connectivity index (χ4n) is 2.74. The highest BCUT2D eigenvalue weighted by Crippen LogP contribution is 2.30. The highest BCUT2D eigenvalue weighted by atomic mass is 16.5. The van der Waals surface area contributed by atoms with Crippen molar-refractivity contribution in [1.82, 2.24) is 10.2 Å². The number of rotatable bonds is 6. The monoisotopic (exact) mass is 320 g/mol. The van der Waals surface area contributed by atoms with E-state index in [1.807, 2.05) is 37.3 Å². The zero-order valence-electron chi connectivity index (χ0n) is 13.6. The summed E-state index contributed by atoms with van der Waals surface area (Å²) in [4.78, 5) is 25.1. The molecule has 2 rings (SSSR count). The summed E-state index contributed by atoms with van der Waals surface area (Å²) in [5.41, 5.74) is 0.155. The fraction of sp³-hybridized carbons (Fsp3) is 0.529. The zero-order chi connectivity index (χ0) is 16.9. The first kappa shape index (κ1) is 17.3. The van der Waals surface area contributed by atoms with Crippen LogP contribution in [-0.2, 0) is 9.53 Å². The predicted octanol–water partition coefficient (Wildman–Crippen LogP) is 2.27. The van der Waals surface area contributed by atoms with Gasteiger partial charge in [-0.3, -0.25) is 4.79 Å². The van der Waals surface area contributed by atoms with E-state index < -0.39 is 11.4 Å². The summed E-state index contributed by atoms with van der Waals surface area (Å²) < 4.78 is 5.69. The van der Waals surface area contributed by atoms with E-state index >= 15 is 0 Å². The normalized spacial score (nSPS) is 21.9. The maximum absolute atomic E-state index is 12.3.